The fourth-order valence-electron chi connectivity index (χ4n) is 3.89. The zero-order chi connectivity index (χ0) is 17.1. The van der Waals surface area contributed by atoms with Gasteiger partial charge in [-0.3, -0.25) is 9.59 Å². The molecule has 24 heavy (non-hydrogen) atoms. The van der Waals surface area contributed by atoms with Crippen LogP contribution in [0.4, 0.5) is 0 Å². The SMILES string of the molecule is CC1CCCC(NC(=O)c2ccc(CN3CCCC3=O)cc2)C1C. The molecule has 0 spiro atoms. The molecule has 4 nitrogen and oxygen atoms in total. The highest BCUT2D eigenvalue weighted by atomic mass is 16.2. The van der Waals surface area contributed by atoms with Crippen LogP contribution in [0.25, 0.3) is 0 Å². The highest BCUT2D eigenvalue weighted by Crippen LogP contribution is 2.29. The van der Waals surface area contributed by atoms with Gasteiger partial charge in [0.1, 0.15) is 0 Å². The van der Waals surface area contributed by atoms with Gasteiger partial charge in [-0.05, 0) is 42.4 Å². The number of rotatable bonds is 4. The first kappa shape index (κ1) is 17.0. The van der Waals surface area contributed by atoms with Gasteiger partial charge in [0.05, 0.1) is 0 Å². The van der Waals surface area contributed by atoms with Gasteiger partial charge >= 0.3 is 0 Å². The fourth-order valence-corrected chi connectivity index (χ4v) is 3.89. The van der Waals surface area contributed by atoms with Crippen LogP contribution in [0.3, 0.4) is 0 Å². The number of amides is 2. The van der Waals surface area contributed by atoms with Crippen LogP contribution in [0.5, 0.6) is 0 Å². The van der Waals surface area contributed by atoms with Crippen LogP contribution in [-0.4, -0.2) is 29.3 Å². The summed E-state index contributed by atoms with van der Waals surface area (Å²) in [5.74, 6) is 1.45. The van der Waals surface area contributed by atoms with E-state index >= 15 is 0 Å². The molecule has 1 saturated heterocycles. The van der Waals surface area contributed by atoms with E-state index in [0.717, 1.165) is 24.9 Å². The molecule has 3 unspecified atom stereocenters. The Morgan fingerprint density at radius 3 is 2.58 bits per heavy atom. The van der Waals surface area contributed by atoms with Crippen LogP contribution in [0, 0.1) is 11.8 Å². The number of nitrogens with zero attached hydrogens (tertiary/aromatic N) is 1. The molecular weight excluding hydrogens is 300 g/mol. The van der Waals surface area contributed by atoms with Crippen LogP contribution >= 0.6 is 0 Å². The molecule has 0 aromatic heterocycles. The molecule has 1 aliphatic heterocycles. The van der Waals surface area contributed by atoms with Crippen molar-refractivity contribution in [3.05, 3.63) is 35.4 Å². The van der Waals surface area contributed by atoms with Gasteiger partial charge in [-0.25, -0.2) is 0 Å². The number of hydrogen-bond acceptors (Lipinski definition) is 2. The molecule has 1 N–H and O–H groups in total. The molecule has 4 heteroatoms. The Bertz CT molecular complexity index is 596. The number of nitrogens with one attached hydrogen (secondary N) is 1. The summed E-state index contributed by atoms with van der Waals surface area (Å²) < 4.78 is 0. The number of carbonyl (C=O) groups is 2. The third kappa shape index (κ3) is 3.80. The first-order valence-electron chi connectivity index (χ1n) is 9.22. The third-order valence-corrected chi connectivity index (χ3v) is 5.78. The molecule has 3 rings (SSSR count). The van der Waals surface area contributed by atoms with Gasteiger partial charge in [0.15, 0.2) is 0 Å². The number of likely N-dealkylation sites (tertiary alicyclic amines) is 1. The molecule has 1 heterocycles. The van der Waals surface area contributed by atoms with Gasteiger partial charge in [0.2, 0.25) is 5.91 Å². The second kappa shape index (κ2) is 7.37. The average molecular weight is 328 g/mol. The van der Waals surface area contributed by atoms with E-state index in [4.69, 9.17) is 0 Å². The summed E-state index contributed by atoms with van der Waals surface area (Å²) in [5.41, 5.74) is 1.79. The van der Waals surface area contributed by atoms with E-state index in [1.54, 1.807) is 0 Å². The van der Waals surface area contributed by atoms with Crippen molar-refractivity contribution in [2.24, 2.45) is 11.8 Å². The standard InChI is InChI=1S/C20H28N2O2/c1-14-5-3-6-18(15(14)2)21-20(24)17-10-8-16(9-11-17)13-22-12-4-7-19(22)23/h8-11,14-15,18H,3-7,12-13H2,1-2H3,(H,21,24). The minimum absolute atomic E-state index is 0.0183. The summed E-state index contributed by atoms with van der Waals surface area (Å²) >= 11 is 0. The molecule has 0 bridgehead atoms. The van der Waals surface area contributed by atoms with E-state index in [1.807, 2.05) is 29.2 Å². The average Bonchev–Trinajstić information content (AvgIpc) is 2.97. The minimum Gasteiger partial charge on any atom is -0.349 e. The van der Waals surface area contributed by atoms with Crippen molar-refractivity contribution in [3.63, 3.8) is 0 Å². The summed E-state index contributed by atoms with van der Waals surface area (Å²) in [6.07, 6.45) is 5.15. The Balaban J connectivity index is 1.58. The number of carbonyl (C=O) groups excluding carboxylic acids is 2. The summed E-state index contributed by atoms with van der Waals surface area (Å²) in [4.78, 5) is 26.1. The number of benzene rings is 1. The molecule has 0 radical (unpaired) electrons. The molecule has 1 aromatic carbocycles. The van der Waals surface area contributed by atoms with Crippen LogP contribution in [-0.2, 0) is 11.3 Å². The van der Waals surface area contributed by atoms with Crippen molar-refractivity contribution in [2.45, 2.75) is 58.5 Å². The zero-order valence-corrected chi connectivity index (χ0v) is 14.8. The van der Waals surface area contributed by atoms with Crippen molar-refractivity contribution < 1.29 is 9.59 Å². The Morgan fingerprint density at radius 2 is 1.92 bits per heavy atom. The highest BCUT2D eigenvalue weighted by Gasteiger charge is 2.28. The lowest BCUT2D eigenvalue weighted by molar-refractivity contribution is -0.128. The minimum atomic E-state index is 0.0183. The quantitative estimate of drug-likeness (QED) is 0.921. The Labute approximate surface area is 144 Å². The molecule has 1 aromatic rings. The topological polar surface area (TPSA) is 49.4 Å². The van der Waals surface area contributed by atoms with Crippen LogP contribution in [0.2, 0.25) is 0 Å². The van der Waals surface area contributed by atoms with Gasteiger partial charge in [0, 0.05) is 31.1 Å². The van der Waals surface area contributed by atoms with E-state index in [9.17, 15) is 9.59 Å². The molecular formula is C20H28N2O2. The molecule has 1 saturated carbocycles. The third-order valence-electron chi connectivity index (χ3n) is 5.78. The fraction of sp³-hybridized carbons (Fsp3) is 0.600. The van der Waals surface area contributed by atoms with Gasteiger partial charge in [-0.15, -0.1) is 0 Å². The van der Waals surface area contributed by atoms with E-state index in [-0.39, 0.29) is 17.9 Å². The Hall–Kier alpha value is -1.84. The van der Waals surface area contributed by atoms with Crippen LogP contribution in [0.1, 0.15) is 61.9 Å². The van der Waals surface area contributed by atoms with E-state index in [1.165, 1.54) is 12.8 Å². The van der Waals surface area contributed by atoms with Crippen molar-refractivity contribution >= 4 is 11.8 Å². The molecule has 2 amide bonds. The lowest BCUT2D eigenvalue weighted by Crippen LogP contribution is -2.43. The van der Waals surface area contributed by atoms with Gasteiger partial charge in [0.25, 0.3) is 5.91 Å². The first-order chi connectivity index (χ1) is 11.5. The maximum absolute atomic E-state index is 12.5. The van der Waals surface area contributed by atoms with E-state index in [2.05, 4.69) is 19.2 Å². The predicted molar refractivity (Wildman–Crippen MR) is 94.5 cm³/mol. The second-order valence-electron chi connectivity index (χ2n) is 7.46. The van der Waals surface area contributed by atoms with Crippen LogP contribution in [0.15, 0.2) is 24.3 Å². The predicted octanol–water partition coefficient (Wildman–Crippen LogP) is 3.36. The molecule has 3 atom stereocenters. The normalized spacial score (nSPS) is 27.3. The van der Waals surface area contributed by atoms with Crippen LogP contribution < -0.4 is 5.32 Å². The summed E-state index contributed by atoms with van der Waals surface area (Å²) in [6.45, 7) is 6.01. The van der Waals surface area contributed by atoms with Gasteiger partial charge in [-0.1, -0.05) is 38.8 Å². The summed E-state index contributed by atoms with van der Waals surface area (Å²) in [7, 11) is 0. The smallest absolute Gasteiger partial charge is 0.251 e. The van der Waals surface area contributed by atoms with E-state index < -0.39 is 0 Å². The van der Waals surface area contributed by atoms with Crippen molar-refractivity contribution in [1.29, 1.82) is 0 Å². The molecule has 1 aliphatic carbocycles. The summed E-state index contributed by atoms with van der Waals surface area (Å²) in [6, 6.07) is 7.97. The highest BCUT2D eigenvalue weighted by molar-refractivity contribution is 5.94. The Morgan fingerprint density at radius 1 is 1.17 bits per heavy atom. The molecule has 2 fully saturated rings. The second-order valence-corrected chi connectivity index (χ2v) is 7.46. The van der Waals surface area contributed by atoms with Crippen molar-refractivity contribution in [1.82, 2.24) is 10.2 Å². The lowest BCUT2D eigenvalue weighted by Gasteiger charge is -2.34. The van der Waals surface area contributed by atoms with Crippen molar-refractivity contribution in [3.8, 4) is 0 Å². The van der Waals surface area contributed by atoms with Crippen molar-refractivity contribution in [2.75, 3.05) is 6.54 Å². The lowest BCUT2D eigenvalue weighted by atomic mass is 9.78. The first-order valence-corrected chi connectivity index (χ1v) is 9.22. The molecule has 2 aliphatic rings. The Kier molecular flexibility index (Phi) is 5.22. The molecule has 130 valence electrons. The maximum atomic E-state index is 12.5. The van der Waals surface area contributed by atoms with Gasteiger partial charge < -0.3 is 10.2 Å². The monoisotopic (exact) mass is 328 g/mol. The number of hydrogen-bond donors (Lipinski definition) is 1. The summed E-state index contributed by atoms with van der Waals surface area (Å²) in [5, 5.41) is 3.21. The van der Waals surface area contributed by atoms with E-state index in [0.29, 0.717) is 30.4 Å². The van der Waals surface area contributed by atoms with Gasteiger partial charge in [-0.2, -0.15) is 0 Å². The largest absolute Gasteiger partial charge is 0.349 e. The maximum Gasteiger partial charge on any atom is 0.251 e. The zero-order valence-electron chi connectivity index (χ0n) is 14.8.